The summed E-state index contributed by atoms with van der Waals surface area (Å²) in [5, 5.41) is 2.41. The van der Waals surface area contributed by atoms with Crippen molar-refractivity contribution < 1.29 is 22.8 Å². The molecule has 39 heavy (non-hydrogen) atoms. The number of nitrogens with one attached hydrogen (secondary N) is 1. The molecule has 1 unspecified atom stereocenters. The summed E-state index contributed by atoms with van der Waals surface area (Å²) in [7, 11) is 0. The van der Waals surface area contributed by atoms with E-state index in [4.69, 9.17) is 5.73 Å². The van der Waals surface area contributed by atoms with Gasteiger partial charge in [-0.25, -0.2) is 4.99 Å². The number of alkyl halides is 3. The number of rotatable bonds is 13. The van der Waals surface area contributed by atoms with Gasteiger partial charge in [-0.3, -0.25) is 19.5 Å². The molecule has 0 saturated heterocycles. The van der Waals surface area contributed by atoms with Crippen LogP contribution >= 0.6 is 0 Å². The maximum absolute atomic E-state index is 13.8. The molecule has 1 atom stereocenters. The maximum Gasteiger partial charge on any atom is 0.417 e. The highest BCUT2D eigenvalue weighted by atomic mass is 19.4. The molecular weight excluding hydrogens is 507 g/mol. The molecule has 1 aromatic carbocycles. The normalized spacial score (nSPS) is 17.9. The van der Waals surface area contributed by atoms with E-state index < -0.39 is 34.7 Å². The third kappa shape index (κ3) is 7.43. The van der Waals surface area contributed by atoms with Crippen molar-refractivity contribution in [3.05, 3.63) is 96.8 Å². The van der Waals surface area contributed by atoms with Crippen molar-refractivity contribution >= 4 is 24.0 Å². The summed E-state index contributed by atoms with van der Waals surface area (Å²) in [5.41, 5.74) is 4.29. The Morgan fingerprint density at radius 2 is 1.97 bits per heavy atom. The van der Waals surface area contributed by atoms with Crippen LogP contribution in [0.4, 0.5) is 13.2 Å². The van der Waals surface area contributed by atoms with E-state index in [9.17, 15) is 22.8 Å². The predicted octanol–water partition coefficient (Wildman–Crippen LogP) is 5.34. The van der Waals surface area contributed by atoms with Crippen LogP contribution in [0, 0.1) is 5.92 Å². The second-order valence-electron chi connectivity index (χ2n) is 9.40. The molecule has 1 aromatic rings. The van der Waals surface area contributed by atoms with Crippen LogP contribution in [-0.2, 0) is 17.5 Å². The average Bonchev–Trinajstić information content (AvgIpc) is 3.12. The van der Waals surface area contributed by atoms with Gasteiger partial charge in [-0.15, -0.1) is 0 Å². The zero-order chi connectivity index (χ0) is 29.4. The Hall–Kier alpha value is -4.21. The van der Waals surface area contributed by atoms with Gasteiger partial charge in [-0.1, -0.05) is 64.5 Å². The van der Waals surface area contributed by atoms with Crippen LogP contribution in [0.1, 0.15) is 48.2 Å². The summed E-state index contributed by atoms with van der Waals surface area (Å²) >= 11 is 0. The van der Waals surface area contributed by atoms with Gasteiger partial charge < -0.3 is 11.1 Å². The molecule has 3 N–H and O–H groups in total. The minimum Gasteiger partial charge on any atom is -0.369 e. The highest BCUT2D eigenvalue weighted by Gasteiger charge is 2.49. The Bertz CT molecular complexity index is 1240. The van der Waals surface area contributed by atoms with Gasteiger partial charge in [0.15, 0.2) is 11.5 Å². The van der Waals surface area contributed by atoms with Crippen molar-refractivity contribution in [2.45, 2.75) is 44.9 Å². The number of halogens is 3. The van der Waals surface area contributed by atoms with Gasteiger partial charge in [-0.2, -0.15) is 13.2 Å². The summed E-state index contributed by atoms with van der Waals surface area (Å²) in [6, 6.07) is 3.12. The van der Waals surface area contributed by atoms with Crippen molar-refractivity contribution in [2.24, 2.45) is 21.6 Å². The van der Waals surface area contributed by atoms with Crippen molar-refractivity contribution in [3.8, 4) is 0 Å². The van der Waals surface area contributed by atoms with Crippen LogP contribution in [0.5, 0.6) is 0 Å². The Kier molecular flexibility index (Phi) is 10.4. The Balaban J connectivity index is 2.44. The van der Waals surface area contributed by atoms with Crippen LogP contribution in [0.2, 0.25) is 0 Å². The van der Waals surface area contributed by atoms with E-state index in [-0.39, 0.29) is 30.5 Å². The van der Waals surface area contributed by atoms with Gasteiger partial charge in [0.05, 0.1) is 17.7 Å². The van der Waals surface area contributed by atoms with Crippen molar-refractivity contribution in [3.63, 3.8) is 0 Å². The van der Waals surface area contributed by atoms with Gasteiger partial charge in [0.1, 0.15) is 0 Å². The van der Waals surface area contributed by atoms with E-state index in [0.717, 1.165) is 12.1 Å². The summed E-state index contributed by atoms with van der Waals surface area (Å²) in [5.74, 6) is -1.20. The number of nitrogens with zero attached hydrogens (tertiary/aromatic N) is 3. The van der Waals surface area contributed by atoms with E-state index in [2.05, 4.69) is 41.6 Å². The number of aliphatic imine (C=N–C) groups is 2. The summed E-state index contributed by atoms with van der Waals surface area (Å²) in [6.45, 7) is 18.3. The van der Waals surface area contributed by atoms with Crippen LogP contribution in [-0.4, -0.2) is 41.0 Å². The van der Waals surface area contributed by atoms with Crippen LogP contribution in [0.25, 0.3) is 0 Å². The van der Waals surface area contributed by atoms with Gasteiger partial charge in [0, 0.05) is 19.0 Å². The minimum atomic E-state index is -4.78. The first-order chi connectivity index (χ1) is 18.3. The van der Waals surface area contributed by atoms with E-state index in [1.54, 1.807) is 6.08 Å². The number of guanidine groups is 1. The fraction of sp³-hybridized carbons (Fsp3) is 0.310. The molecule has 10 heteroatoms. The largest absolute Gasteiger partial charge is 0.417 e. The number of hydrogen-bond donors (Lipinski definition) is 2. The first-order valence-corrected chi connectivity index (χ1v) is 12.2. The molecule has 0 saturated carbocycles. The molecule has 0 spiro atoms. The summed E-state index contributed by atoms with van der Waals surface area (Å²) in [6.07, 6.45) is 3.51. The number of hydrogen-bond acceptors (Lipinski definition) is 5. The Morgan fingerprint density at radius 3 is 2.54 bits per heavy atom. The summed E-state index contributed by atoms with van der Waals surface area (Å²) in [4.78, 5) is 36.0. The van der Waals surface area contributed by atoms with Crippen LogP contribution in [0.3, 0.4) is 0 Å². The average molecular weight is 542 g/mol. The lowest BCUT2D eigenvalue weighted by Crippen LogP contribution is -2.45. The smallest absolute Gasteiger partial charge is 0.369 e. The van der Waals surface area contributed by atoms with Gasteiger partial charge in [0.25, 0.3) is 11.8 Å². The topological polar surface area (TPSA) is 100 Å². The van der Waals surface area contributed by atoms with Gasteiger partial charge >= 0.3 is 6.18 Å². The molecule has 0 aliphatic carbocycles. The first-order valence-electron chi connectivity index (χ1n) is 12.2. The second kappa shape index (κ2) is 13.0. The number of amides is 2. The van der Waals surface area contributed by atoms with Crippen molar-refractivity contribution in [1.29, 1.82) is 0 Å². The molecule has 2 rings (SSSR count). The van der Waals surface area contributed by atoms with E-state index in [0.29, 0.717) is 24.0 Å². The monoisotopic (exact) mass is 541 g/mol. The zero-order valence-corrected chi connectivity index (χ0v) is 22.2. The molecule has 1 heterocycles. The van der Waals surface area contributed by atoms with E-state index in [1.807, 2.05) is 13.8 Å². The molecule has 1 aliphatic rings. The van der Waals surface area contributed by atoms with Crippen molar-refractivity contribution in [2.75, 3.05) is 6.54 Å². The number of carbonyl (C=O) groups is 2. The van der Waals surface area contributed by atoms with E-state index >= 15 is 0 Å². The Labute approximate surface area is 227 Å². The fourth-order valence-corrected chi connectivity index (χ4v) is 4.08. The molecule has 208 valence electrons. The van der Waals surface area contributed by atoms with Crippen molar-refractivity contribution in [1.82, 2.24) is 10.2 Å². The highest BCUT2D eigenvalue weighted by molar-refractivity contribution is 6.09. The molecule has 7 nitrogen and oxygen atoms in total. The molecule has 0 fully saturated rings. The van der Waals surface area contributed by atoms with Gasteiger partial charge in [-0.05, 0) is 47.6 Å². The van der Waals surface area contributed by atoms with E-state index in [1.165, 1.54) is 35.5 Å². The SMILES string of the molecule is C=C/C=C(\C=C)C1(CCC(C)C)N=C(N)N(Cc2ccc(C(F)(F)F)c(C(=O)NCC(=C)C=NC=C)c2)C1=O. The maximum atomic E-state index is 13.8. The lowest BCUT2D eigenvalue weighted by Gasteiger charge is -2.28. The Morgan fingerprint density at radius 1 is 1.28 bits per heavy atom. The second-order valence-corrected chi connectivity index (χ2v) is 9.40. The summed E-state index contributed by atoms with van der Waals surface area (Å²) < 4.78 is 41.2. The lowest BCUT2D eigenvalue weighted by atomic mass is 9.82. The highest BCUT2D eigenvalue weighted by Crippen LogP contribution is 2.37. The van der Waals surface area contributed by atoms with Crippen LogP contribution in [0.15, 0.2) is 90.1 Å². The third-order valence-electron chi connectivity index (χ3n) is 6.07. The van der Waals surface area contributed by atoms with Crippen LogP contribution < -0.4 is 11.1 Å². The fourth-order valence-electron chi connectivity index (χ4n) is 4.08. The number of benzene rings is 1. The molecule has 0 bridgehead atoms. The number of carbonyl (C=O) groups excluding carboxylic acids is 2. The third-order valence-corrected chi connectivity index (χ3v) is 6.07. The molecule has 0 aromatic heterocycles. The van der Waals surface area contributed by atoms with Gasteiger partial charge in [0.2, 0.25) is 0 Å². The number of nitrogens with two attached hydrogens (primary N) is 1. The molecule has 1 aliphatic heterocycles. The molecule has 2 amide bonds. The predicted molar refractivity (Wildman–Crippen MR) is 149 cm³/mol. The standard InChI is InChI=1S/C29H34F3N5O2/c1-7-10-22(8-2)28(14-13-19(4)5)26(39)37(27(33)36-28)18-21-11-12-24(29(30,31)32)23(15-21)25(38)35-17-20(6)16-34-9-3/h7-12,15-16,19H,1-3,6,13-14,17-18H2,4-5H3,(H2,33,36)(H,35,38)/b22-10+,34-16?. The molecule has 0 radical (unpaired) electrons. The molecular formula is C29H34F3N5O2. The minimum absolute atomic E-state index is 0.0794. The number of allylic oxidation sites excluding steroid dienone is 2. The quantitative estimate of drug-likeness (QED) is 0.261. The lowest BCUT2D eigenvalue weighted by molar-refractivity contribution is -0.138. The zero-order valence-electron chi connectivity index (χ0n) is 22.2. The first kappa shape index (κ1) is 31.0.